The minimum atomic E-state index is -0.820. The molecule has 0 aromatic rings. The smallest absolute Gasteiger partial charge is 0.0958 e. The van der Waals surface area contributed by atoms with Crippen LogP contribution in [0.15, 0.2) is 0 Å². The highest BCUT2D eigenvalue weighted by atomic mass is 16.4. The van der Waals surface area contributed by atoms with E-state index in [1.165, 1.54) is 6.42 Å². The zero-order chi connectivity index (χ0) is 11.8. The Morgan fingerprint density at radius 3 is 2.12 bits per heavy atom. The van der Waals surface area contributed by atoms with Gasteiger partial charge >= 0.3 is 0 Å². The van der Waals surface area contributed by atoms with Crippen LogP contribution < -0.4 is 0 Å². The maximum absolute atomic E-state index is 10.9. The molecule has 0 heterocycles. The fraction of sp³-hybridized carbons (Fsp3) is 1.00. The van der Waals surface area contributed by atoms with Gasteiger partial charge in [0.1, 0.15) is 0 Å². The second kappa shape index (κ2) is 4.30. The van der Waals surface area contributed by atoms with Crippen molar-refractivity contribution >= 4 is 0 Å². The third-order valence-corrected chi connectivity index (χ3v) is 5.08. The Labute approximate surface area is 99.1 Å². The van der Waals surface area contributed by atoms with E-state index in [0.717, 1.165) is 44.9 Å². The van der Waals surface area contributed by atoms with Crippen LogP contribution in [0.4, 0.5) is 0 Å². The molecule has 2 aliphatic carbocycles. The summed E-state index contributed by atoms with van der Waals surface area (Å²) in [5.74, 6) is 0.932. The molecule has 2 heteroatoms. The molecule has 0 radical (unpaired) electrons. The number of rotatable bonds is 1. The highest BCUT2D eigenvalue weighted by Crippen LogP contribution is 2.48. The first-order valence-electron chi connectivity index (χ1n) is 6.93. The van der Waals surface area contributed by atoms with E-state index in [4.69, 9.17) is 0 Å². The highest BCUT2D eigenvalue weighted by Gasteiger charge is 2.53. The molecule has 2 saturated carbocycles. The molecular weight excluding hydrogens is 200 g/mol. The summed E-state index contributed by atoms with van der Waals surface area (Å²) in [5.41, 5.74) is -1.62. The van der Waals surface area contributed by atoms with Gasteiger partial charge in [-0.15, -0.1) is 0 Å². The predicted molar refractivity (Wildman–Crippen MR) is 65.2 cm³/mol. The van der Waals surface area contributed by atoms with Crippen LogP contribution in [-0.4, -0.2) is 21.4 Å². The molecule has 2 rings (SSSR count). The van der Waals surface area contributed by atoms with Crippen LogP contribution in [0.2, 0.25) is 0 Å². The van der Waals surface area contributed by atoms with Crippen molar-refractivity contribution in [1.82, 2.24) is 0 Å². The van der Waals surface area contributed by atoms with E-state index < -0.39 is 11.2 Å². The molecule has 0 amide bonds. The third-order valence-electron chi connectivity index (χ3n) is 5.08. The quantitative estimate of drug-likeness (QED) is 0.722. The van der Waals surface area contributed by atoms with Gasteiger partial charge in [0, 0.05) is 0 Å². The monoisotopic (exact) mass is 226 g/mol. The normalized spacial score (nSPS) is 44.2. The largest absolute Gasteiger partial charge is 0.387 e. The van der Waals surface area contributed by atoms with Gasteiger partial charge in [0.15, 0.2) is 0 Å². The van der Waals surface area contributed by atoms with Gasteiger partial charge in [0.05, 0.1) is 11.2 Å². The lowest BCUT2D eigenvalue weighted by molar-refractivity contribution is -0.209. The van der Waals surface area contributed by atoms with Crippen LogP contribution >= 0.6 is 0 Å². The van der Waals surface area contributed by atoms with E-state index in [-0.39, 0.29) is 5.92 Å². The van der Waals surface area contributed by atoms with Gasteiger partial charge in [-0.1, -0.05) is 33.1 Å². The molecule has 0 aliphatic heterocycles. The lowest BCUT2D eigenvalue weighted by Gasteiger charge is -2.52. The zero-order valence-electron chi connectivity index (χ0n) is 10.7. The zero-order valence-corrected chi connectivity index (χ0v) is 10.7. The van der Waals surface area contributed by atoms with Gasteiger partial charge in [-0.3, -0.25) is 0 Å². The Morgan fingerprint density at radius 2 is 1.56 bits per heavy atom. The third kappa shape index (κ3) is 1.91. The van der Waals surface area contributed by atoms with E-state index in [1.54, 1.807) is 0 Å². The molecule has 2 N–H and O–H groups in total. The topological polar surface area (TPSA) is 40.5 Å². The van der Waals surface area contributed by atoms with Crippen molar-refractivity contribution in [3.8, 4) is 0 Å². The van der Waals surface area contributed by atoms with Crippen molar-refractivity contribution in [3.63, 3.8) is 0 Å². The predicted octanol–water partition coefficient (Wildman–Crippen LogP) is 2.87. The Hall–Kier alpha value is -0.0800. The van der Waals surface area contributed by atoms with E-state index in [9.17, 15) is 10.2 Å². The molecule has 3 unspecified atom stereocenters. The second-order valence-electron chi connectivity index (χ2n) is 6.30. The van der Waals surface area contributed by atoms with Crippen LogP contribution in [0, 0.1) is 11.8 Å². The van der Waals surface area contributed by atoms with Crippen LogP contribution in [-0.2, 0) is 0 Å². The average Bonchev–Trinajstić information content (AvgIpc) is 2.25. The summed E-state index contributed by atoms with van der Waals surface area (Å²) in [6.45, 7) is 4.36. The molecule has 2 aliphatic rings. The average molecular weight is 226 g/mol. The highest BCUT2D eigenvalue weighted by molar-refractivity contribution is 5.05. The van der Waals surface area contributed by atoms with Gasteiger partial charge in [-0.05, 0) is 43.9 Å². The van der Waals surface area contributed by atoms with Crippen molar-refractivity contribution in [3.05, 3.63) is 0 Å². The summed E-state index contributed by atoms with van der Waals surface area (Å²) in [6, 6.07) is 0. The van der Waals surface area contributed by atoms with Crippen LogP contribution in [0.1, 0.15) is 65.2 Å². The summed E-state index contributed by atoms with van der Waals surface area (Å²) in [4.78, 5) is 0. The molecule has 0 saturated heterocycles. The Bertz CT molecular complexity index is 245. The summed E-state index contributed by atoms with van der Waals surface area (Å²) in [6.07, 6.45) is 7.84. The molecule has 0 bridgehead atoms. The van der Waals surface area contributed by atoms with Crippen LogP contribution in [0.5, 0.6) is 0 Å². The van der Waals surface area contributed by atoms with E-state index in [2.05, 4.69) is 13.8 Å². The minimum Gasteiger partial charge on any atom is -0.387 e. The molecule has 2 nitrogen and oxygen atoms in total. The van der Waals surface area contributed by atoms with Crippen molar-refractivity contribution < 1.29 is 10.2 Å². The first-order valence-corrected chi connectivity index (χ1v) is 6.93. The molecule has 0 spiro atoms. The molecular formula is C14H26O2. The Balaban J connectivity index is 2.16. The van der Waals surface area contributed by atoms with E-state index in [0.29, 0.717) is 5.92 Å². The molecule has 94 valence electrons. The SMILES string of the molecule is CC1CCC(O)(C2(O)CCCCC2)C(C)C1. The van der Waals surface area contributed by atoms with Crippen molar-refractivity contribution in [2.45, 2.75) is 76.4 Å². The van der Waals surface area contributed by atoms with Crippen molar-refractivity contribution in [1.29, 1.82) is 0 Å². The van der Waals surface area contributed by atoms with Crippen molar-refractivity contribution in [2.75, 3.05) is 0 Å². The van der Waals surface area contributed by atoms with E-state index in [1.807, 2.05) is 0 Å². The fourth-order valence-corrected chi connectivity index (χ4v) is 3.89. The van der Waals surface area contributed by atoms with Gasteiger partial charge < -0.3 is 10.2 Å². The number of hydrogen-bond donors (Lipinski definition) is 2. The molecule has 3 atom stereocenters. The summed E-state index contributed by atoms with van der Waals surface area (Å²) in [7, 11) is 0. The number of aliphatic hydroxyl groups is 2. The van der Waals surface area contributed by atoms with Gasteiger partial charge in [0.2, 0.25) is 0 Å². The Kier molecular flexibility index (Phi) is 3.33. The molecule has 16 heavy (non-hydrogen) atoms. The van der Waals surface area contributed by atoms with Crippen LogP contribution in [0.3, 0.4) is 0 Å². The summed E-state index contributed by atoms with van der Waals surface area (Å²) < 4.78 is 0. The van der Waals surface area contributed by atoms with Crippen LogP contribution in [0.25, 0.3) is 0 Å². The van der Waals surface area contributed by atoms with Gasteiger partial charge in [-0.2, -0.15) is 0 Å². The summed E-state index contributed by atoms with van der Waals surface area (Å²) >= 11 is 0. The van der Waals surface area contributed by atoms with Gasteiger partial charge in [0.25, 0.3) is 0 Å². The summed E-state index contributed by atoms with van der Waals surface area (Å²) in [5, 5.41) is 21.7. The lowest BCUT2D eigenvalue weighted by Crippen LogP contribution is -2.60. The standard InChI is InChI=1S/C14H26O2/c1-11-6-9-14(16,12(2)10-11)13(15)7-4-3-5-8-13/h11-12,15-16H,3-10H2,1-2H3. The second-order valence-corrected chi connectivity index (χ2v) is 6.30. The Morgan fingerprint density at radius 1 is 0.938 bits per heavy atom. The number of hydrogen-bond acceptors (Lipinski definition) is 2. The molecule has 2 fully saturated rings. The molecule has 0 aromatic heterocycles. The fourth-order valence-electron chi connectivity index (χ4n) is 3.89. The maximum Gasteiger partial charge on any atom is 0.0958 e. The van der Waals surface area contributed by atoms with Gasteiger partial charge in [-0.25, -0.2) is 0 Å². The minimum absolute atomic E-state index is 0.236. The first-order chi connectivity index (χ1) is 7.48. The van der Waals surface area contributed by atoms with Crippen molar-refractivity contribution in [2.24, 2.45) is 11.8 Å². The van der Waals surface area contributed by atoms with E-state index >= 15 is 0 Å². The molecule has 0 aromatic carbocycles. The maximum atomic E-state index is 10.9. The lowest BCUT2D eigenvalue weighted by atomic mass is 9.60. The first kappa shape index (κ1) is 12.4.